The number of urea groups is 1. The van der Waals surface area contributed by atoms with Crippen LogP contribution in [-0.4, -0.2) is 40.2 Å². The second kappa shape index (κ2) is 7.26. The Morgan fingerprint density at radius 2 is 2.17 bits per heavy atom. The van der Waals surface area contributed by atoms with Crippen molar-refractivity contribution in [2.45, 2.75) is 46.2 Å². The van der Waals surface area contributed by atoms with Crippen LogP contribution in [0.1, 0.15) is 31.2 Å². The number of aromatic nitrogens is 2. The standard InChI is InChI=1S/C15H23N5O3/c1-9(8-20-11(3)6-10(2)19-20)7-16-13(21)5-4-12-14(22)18-15(23)17-12/h6,9,12H,4-5,7-8H2,1-3H3,(H,16,21)(H2,17,18,22,23)/t9-,12-/m0/s1. The predicted octanol–water partition coefficient (Wildman–Crippen LogP) is 0.240. The van der Waals surface area contributed by atoms with Crippen LogP contribution >= 0.6 is 0 Å². The van der Waals surface area contributed by atoms with E-state index in [2.05, 4.69) is 21.0 Å². The van der Waals surface area contributed by atoms with Crippen molar-refractivity contribution in [2.75, 3.05) is 6.54 Å². The SMILES string of the molecule is Cc1cc(C)n(C[C@@H](C)CNC(=O)CC[C@@H]2NC(=O)NC2=O)n1. The maximum absolute atomic E-state index is 11.8. The lowest BCUT2D eigenvalue weighted by Crippen LogP contribution is -2.34. The summed E-state index contributed by atoms with van der Waals surface area (Å²) in [6.45, 7) is 7.28. The van der Waals surface area contributed by atoms with Crippen LogP contribution in [-0.2, 0) is 16.1 Å². The number of carbonyl (C=O) groups excluding carboxylic acids is 3. The third-order valence-electron chi connectivity index (χ3n) is 3.75. The monoisotopic (exact) mass is 321 g/mol. The highest BCUT2D eigenvalue weighted by Crippen LogP contribution is 2.06. The summed E-state index contributed by atoms with van der Waals surface area (Å²) in [7, 11) is 0. The summed E-state index contributed by atoms with van der Waals surface area (Å²) in [6, 6.07) is 0.908. The third kappa shape index (κ3) is 4.80. The van der Waals surface area contributed by atoms with Gasteiger partial charge in [0, 0.05) is 25.2 Å². The van der Waals surface area contributed by atoms with Gasteiger partial charge in [-0.3, -0.25) is 19.6 Å². The summed E-state index contributed by atoms with van der Waals surface area (Å²) in [5.41, 5.74) is 2.08. The van der Waals surface area contributed by atoms with E-state index in [-0.39, 0.29) is 24.2 Å². The van der Waals surface area contributed by atoms with Crippen LogP contribution in [0.15, 0.2) is 6.07 Å². The molecule has 1 aromatic heterocycles. The molecular weight excluding hydrogens is 298 g/mol. The third-order valence-corrected chi connectivity index (χ3v) is 3.75. The maximum Gasteiger partial charge on any atom is 0.322 e. The van der Waals surface area contributed by atoms with Gasteiger partial charge in [0.25, 0.3) is 5.91 Å². The Kier molecular flexibility index (Phi) is 5.36. The topological polar surface area (TPSA) is 105 Å². The molecule has 0 spiro atoms. The predicted molar refractivity (Wildman–Crippen MR) is 83.6 cm³/mol. The second-order valence-corrected chi connectivity index (χ2v) is 6.07. The Hall–Kier alpha value is -2.38. The van der Waals surface area contributed by atoms with Crippen molar-refractivity contribution in [1.82, 2.24) is 25.7 Å². The highest BCUT2D eigenvalue weighted by molar-refractivity contribution is 6.04. The van der Waals surface area contributed by atoms with Crippen LogP contribution in [0.3, 0.4) is 0 Å². The smallest absolute Gasteiger partial charge is 0.322 e. The van der Waals surface area contributed by atoms with Gasteiger partial charge in [-0.2, -0.15) is 5.10 Å². The highest BCUT2D eigenvalue weighted by Gasteiger charge is 2.29. The van der Waals surface area contributed by atoms with Crippen molar-refractivity contribution < 1.29 is 14.4 Å². The minimum absolute atomic E-state index is 0.126. The lowest BCUT2D eigenvalue weighted by Gasteiger charge is -2.14. The van der Waals surface area contributed by atoms with Crippen molar-refractivity contribution in [2.24, 2.45) is 5.92 Å². The minimum atomic E-state index is -0.611. The second-order valence-electron chi connectivity index (χ2n) is 6.07. The number of hydrogen-bond acceptors (Lipinski definition) is 4. The summed E-state index contributed by atoms with van der Waals surface area (Å²) in [5.74, 6) is -0.258. The number of nitrogens with one attached hydrogen (secondary N) is 3. The van der Waals surface area contributed by atoms with Crippen molar-refractivity contribution in [1.29, 1.82) is 0 Å². The molecule has 4 amide bonds. The molecule has 0 unspecified atom stereocenters. The number of carbonyl (C=O) groups is 3. The first kappa shape index (κ1) is 17.0. The molecule has 3 N–H and O–H groups in total. The Labute approximate surface area is 135 Å². The number of amides is 4. The molecule has 1 saturated heterocycles. The minimum Gasteiger partial charge on any atom is -0.356 e. The molecule has 0 saturated carbocycles. The van der Waals surface area contributed by atoms with E-state index in [1.807, 2.05) is 31.5 Å². The van der Waals surface area contributed by atoms with E-state index in [1.54, 1.807) is 0 Å². The molecule has 2 heterocycles. The molecule has 0 aromatic carbocycles. The quantitative estimate of drug-likeness (QED) is 0.626. The average Bonchev–Trinajstić information content (AvgIpc) is 2.95. The molecule has 1 aliphatic heterocycles. The first-order valence-electron chi connectivity index (χ1n) is 7.74. The van der Waals surface area contributed by atoms with Crippen molar-refractivity contribution >= 4 is 17.8 Å². The zero-order chi connectivity index (χ0) is 17.0. The molecule has 1 fully saturated rings. The fraction of sp³-hybridized carbons (Fsp3) is 0.600. The summed E-state index contributed by atoms with van der Waals surface area (Å²) in [5, 5.41) is 11.9. The summed E-state index contributed by atoms with van der Waals surface area (Å²) in [4.78, 5) is 34.2. The Bertz CT molecular complexity index is 610. The van der Waals surface area contributed by atoms with E-state index >= 15 is 0 Å². The first-order valence-corrected chi connectivity index (χ1v) is 7.74. The molecule has 2 rings (SSSR count). The van der Waals surface area contributed by atoms with Gasteiger partial charge in [-0.25, -0.2) is 4.79 Å². The van der Waals surface area contributed by atoms with Crippen molar-refractivity contribution in [3.63, 3.8) is 0 Å². The lowest BCUT2D eigenvalue weighted by atomic mass is 10.1. The molecular formula is C15H23N5O3. The summed E-state index contributed by atoms with van der Waals surface area (Å²) in [6.07, 6.45) is 0.500. The number of aryl methyl sites for hydroxylation is 2. The highest BCUT2D eigenvalue weighted by atomic mass is 16.2. The van der Waals surface area contributed by atoms with Crippen LogP contribution in [0.4, 0.5) is 4.79 Å². The van der Waals surface area contributed by atoms with Crippen LogP contribution in [0, 0.1) is 19.8 Å². The Morgan fingerprint density at radius 1 is 1.43 bits per heavy atom. The normalized spacial score (nSPS) is 18.5. The number of rotatable bonds is 7. The first-order chi connectivity index (χ1) is 10.8. The van der Waals surface area contributed by atoms with Crippen molar-refractivity contribution in [3.05, 3.63) is 17.5 Å². The van der Waals surface area contributed by atoms with Crippen LogP contribution < -0.4 is 16.0 Å². The van der Waals surface area contributed by atoms with E-state index in [0.717, 1.165) is 17.9 Å². The van der Waals surface area contributed by atoms with Gasteiger partial charge in [0.1, 0.15) is 6.04 Å². The van der Waals surface area contributed by atoms with Gasteiger partial charge in [-0.1, -0.05) is 6.92 Å². The lowest BCUT2D eigenvalue weighted by molar-refractivity contribution is -0.122. The van der Waals surface area contributed by atoms with Gasteiger partial charge in [-0.05, 0) is 32.3 Å². The fourth-order valence-corrected chi connectivity index (χ4v) is 2.53. The summed E-state index contributed by atoms with van der Waals surface area (Å²) < 4.78 is 1.94. The molecule has 0 aliphatic carbocycles. The molecule has 8 nitrogen and oxygen atoms in total. The van der Waals surface area contributed by atoms with E-state index in [9.17, 15) is 14.4 Å². The summed E-state index contributed by atoms with van der Waals surface area (Å²) >= 11 is 0. The molecule has 126 valence electrons. The molecule has 2 atom stereocenters. The number of hydrogen-bond donors (Lipinski definition) is 3. The van der Waals surface area contributed by atoms with Gasteiger partial charge in [0.15, 0.2) is 0 Å². The largest absolute Gasteiger partial charge is 0.356 e. The van der Waals surface area contributed by atoms with Gasteiger partial charge < -0.3 is 10.6 Å². The van der Waals surface area contributed by atoms with E-state index < -0.39 is 12.1 Å². The molecule has 8 heteroatoms. The van der Waals surface area contributed by atoms with Gasteiger partial charge in [-0.15, -0.1) is 0 Å². The van der Waals surface area contributed by atoms with E-state index in [1.165, 1.54) is 0 Å². The Morgan fingerprint density at radius 3 is 2.74 bits per heavy atom. The molecule has 0 bridgehead atoms. The van der Waals surface area contributed by atoms with Gasteiger partial charge in [0.2, 0.25) is 5.91 Å². The zero-order valence-corrected chi connectivity index (χ0v) is 13.7. The van der Waals surface area contributed by atoms with Crippen LogP contribution in [0.2, 0.25) is 0 Å². The van der Waals surface area contributed by atoms with E-state index in [4.69, 9.17) is 0 Å². The van der Waals surface area contributed by atoms with Crippen LogP contribution in [0.25, 0.3) is 0 Å². The zero-order valence-electron chi connectivity index (χ0n) is 13.7. The Balaban J connectivity index is 1.68. The maximum atomic E-state index is 11.8. The van der Waals surface area contributed by atoms with E-state index in [0.29, 0.717) is 13.0 Å². The molecule has 1 aromatic rings. The average molecular weight is 321 g/mol. The van der Waals surface area contributed by atoms with Gasteiger partial charge >= 0.3 is 6.03 Å². The fourth-order valence-electron chi connectivity index (χ4n) is 2.53. The number of imide groups is 1. The van der Waals surface area contributed by atoms with Gasteiger partial charge in [0.05, 0.1) is 5.69 Å². The van der Waals surface area contributed by atoms with Crippen LogP contribution in [0.5, 0.6) is 0 Å². The molecule has 23 heavy (non-hydrogen) atoms. The number of nitrogens with zero attached hydrogens (tertiary/aromatic N) is 2. The van der Waals surface area contributed by atoms with Crippen molar-refractivity contribution in [3.8, 4) is 0 Å². The molecule has 1 aliphatic rings. The molecule has 0 radical (unpaired) electrons.